The van der Waals surface area contributed by atoms with E-state index in [1.165, 1.54) is 6.42 Å². The van der Waals surface area contributed by atoms with Crippen molar-refractivity contribution in [2.45, 2.75) is 33.0 Å². The van der Waals surface area contributed by atoms with Gasteiger partial charge in [0.25, 0.3) is 0 Å². The molecule has 1 fully saturated rings. The predicted molar refractivity (Wildman–Crippen MR) is 75.0 cm³/mol. The molecule has 1 aliphatic heterocycles. The van der Waals surface area contributed by atoms with Gasteiger partial charge in [-0.3, -0.25) is 4.79 Å². The van der Waals surface area contributed by atoms with Gasteiger partial charge in [0, 0.05) is 22.1 Å². The second-order valence-electron chi connectivity index (χ2n) is 4.88. The van der Waals surface area contributed by atoms with E-state index in [0.717, 1.165) is 25.9 Å². The number of ketones is 1. The maximum Gasteiger partial charge on any atom is 0.166 e. The van der Waals surface area contributed by atoms with Gasteiger partial charge >= 0.3 is 0 Å². The van der Waals surface area contributed by atoms with Crippen LogP contribution in [0, 0.1) is 12.8 Å². The van der Waals surface area contributed by atoms with Crippen molar-refractivity contribution in [1.82, 2.24) is 4.90 Å². The molecule has 2 heteroatoms. The van der Waals surface area contributed by atoms with E-state index in [1.54, 1.807) is 6.92 Å². The predicted octanol–water partition coefficient (Wildman–Crippen LogP) is 3.30. The van der Waals surface area contributed by atoms with Gasteiger partial charge in [0.15, 0.2) is 5.78 Å². The fraction of sp³-hybridized carbons (Fsp3) is 0.562. The summed E-state index contributed by atoms with van der Waals surface area (Å²) in [6, 6.07) is -2.45. The van der Waals surface area contributed by atoms with Gasteiger partial charge in [-0.2, -0.15) is 0 Å². The summed E-state index contributed by atoms with van der Waals surface area (Å²) in [7, 11) is 0. The second-order valence-corrected chi connectivity index (χ2v) is 4.88. The first-order valence-electron chi connectivity index (χ1n) is 9.93. The molecule has 0 spiro atoms. The van der Waals surface area contributed by atoms with E-state index in [9.17, 15) is 4.79 Å². The number of benzene rings is 1. The number of rotatable bonds is 4. The van der Waals surface area contributed by atoms with Crippen LogP contribution < -0.4 is 0 Å². The van der Waals surface area contributed by atoms with Gasteiger partial charge in [-0.1, -0.05) is 43.1 Å². The normalized spacial score (nSPS) is 24.8. The lowest BCUT2D eigenvalue weighted by Crippen LogP contribution is -2.35. The maximum absolute atomic E-state index is 12.8. The minimum absolute atomic E-state index is 0.312. The summed E-state index contributed by atoms with van der Waals surface area (Å²) < 4.78 is 54.1. The molecule has 1 aromatic rings. The Kier molecular flexibility index (Phi) is 2.34. The zero-order valence-corrected chi connectivity index (χ0v) is 10.7. The highest BCUT2D eigenvalue weighted by Gasteiger charge is 2.19. The number of hydrogen-bond acceptors (Lipinski definition) is 2. The van der Waals surface area contributed by atoms with Crippen molar-refractivity contribution < 1.29 is 14.4 Å². The fourth-order valence-corrected chi connectivity index (χ4v) is 2.29. The van der Waals surface area contributed by atoms with Gasteiger partial charge in [-0.05, 0) is 32.8 Å². The highest BCUT2D eigenvalue weighted by Crippen LogP contribution is 2.15. The number of piperidine rings is 1. The minimum atomic E-state index is -2.76. The molecule has 18 heavy (non-hydrogen) atoms. The fourth-order valence-electron chi connectivity index (χ4n) is 2.29. The van der Waals surface area contributed by atoms with Crippen molar-refractivity contribution in [1.29, 1.82) is 0 Å². The number of hydrogen-bond donors (Lipinski definition) is 0. The molecule has 0 amide bonds. The molecule has 98 valence electrons. The Labute approximate surface area is 120 Å². The molecule has 0 aromatic heterocycles. The highest BCUT2D eigenvalue weighted by atomic mass is 16.1. The van der Waals surface area contributed by atoms with Crippen LogP contribution in [0.3, 0.4) is 0 Å². The summed E-state index contributed by atoms with van der Waals surface area (Å²) in [5.74, 6) is -0.955. The number of carbonyl (C=O) groups excluding carboxylic acids is 1. The van der Waals surface area contributed by atoms with E-state index in [-0.39, 0.29) is 5.56 Å². The quantitative estimate of drug-likeness (QED) is 0.766. The zero-order chi connectivity index (χ0) is 18.9. The smallest absolute Gasteiger partial charge is 0.166 e. The zero-order valence-electron chi connectivity index (χ0n) is 17.7. The third-order valence-electron chi connectivity index (χ3n) is 3.30. The van der Waals surface area contributed by atoms with E-state index in [2.05, 4.69) is 4.90 Å². The SMILES string of the molecule is [2H]c1c([2H])c(C([2H])([2H])[2H])c([2H])c([2H])c1C(=O)[C@@H](C)CN1CCCCC1. The largest absolute Gasteiger partial charge is 0.303 e. The van der Waals surface area contributed by atoms with Crippen LogP contribution in [-0.2, 0) is 0 Å². The van der Waals surface area contributed by atoms with Crippen molar-refractivity contribution in [3.8, 4) is 0 Å². The van der Waals surface area contributed by atoms with E-state index < -0.39 is 48.3 Å². The summed E-state index contributed by atoms with van der Waals surface area (Å²) in [5, 5.41) is 0. The van der Waals surface area contributed by atoms with Crippen LogP contribution in [0.25, 0.3) is 0 Å². The molecule has 0 radical (unpaired) electrons. The molecular formula is C16H23NO. The van der Waals surface area contributed by atoms with Crippen LogP contribution in [0.4, 0.5) is 0 Å². The molecule has 1 heterocycles. The van der Waals surface area contributed by atoms with Gasteiger partial charge in [0.05, 0.1) is 5.48 Å². The van der Waals surface area contributed by atoms with Crippen LogP contribution in [-0.4, -0.2) is 30.3 Å². The molecule has 1 atom stereocenters. The molecule has 0 aliphatic carbocycles. The van der Waals surface area contributed by atoms with Crippen LogP contribution in [0.1, 0.15) is 51.7 Å². The lowest BCUT2D eigenvalue weighted by Gasteiger charge is -2.28. The van der Waals surface area contributed by atoms with Crippen LogP contribution in [0.5, 0.6) is 0 Å². The molecule has 1 aliphatic rings. The average Bonchev–Trinajstić information content (AvgIpc) is 2.53. The van der Waals surface area contributed by atoms with Crippen LogP contribution >= 0.6 is 0 Å². The standard InChI is InChI=1S/C16H23NO/c1-13-6-8-15(9-7-13)16(18)14(2)12-17-10-4-3-5-11-17/h6-9,14H,3-5,10-12H2,1-2H3/t14-/m0/s1/i1D3,6D,7D,8D,9D. The molecule has 2 rings (SSSR count). The summed E-state index contributed by atoms with van der Waals surface area (Å²) in [4.78, 5) is 14.9. The van der Waals surface area contributed by atoms with Gasteiger partial charge in [0.1, 0.15) is 0 Å². The Morgan fingerprint density at radius 2 is 2.00 bits per heavy atom. The Hall–Kier alpha value is -1.15. The lowest BCUT2D eigenvalue weighted by atomic mass is 9.97. The van der Waals surface area contributed by atoms with Crippen molar-refractivity contribution in [2.75, 3.05) is 19.6 Å². The third kappa shape index (κ3) is 3.42. The monoisotopic (exact) mass is 252 g/mol. The Morgan fingerprint density at radius 3 is 2.61 bits per heavy atom. The molecule has 2 nitrogen and oxygen atoms in total. The molecule has 1 aromatic carbocycles. The molecule has 1 saturated heterocycles. The Balaban J connectivity index is 2.36. The van der Waals surface area contributed by atoms with E-state index in [1.807, 2.05) is 0 Å². The summed E-state index contributed by atoms with van der Waals surface area (Å²) in [6.07, 6.45) is 3.33. The van der Waals surface area contributed by atoms with Gasteiger partial charge in [-0.15, -0.1) is 0 Å². The van der Waals surface area contributed by atoms with Crippen LogP contribution in [0.2, 0.25) is 0 Å². The summed E-state index contributed by atoms with van der Waals surface area (Å²) >= 11 is 0. The molecule has 0 bridgehead atoms. The Bertz CT molecular complexity index is 636. The number of carbonyl (C=O) groups is 1. The second kappa shape index (κ2) is 6.14. The third-order valence-corrected chi connectivity index (χ3v) is 3.30. The van der Waals surface area contributed by atoms with Crippen molar-refractivity contribution in [3.05, 3.63) is 35.3 Å². The molecular weight excluding hydrogens is 222 g/mol. The van der Waals surface area contributed by atoms with E-state index in [4.69, 9.17) is 9.60 Å². The summed E-state index contributed by atoms with van der Waals surface area (Å²) in [6.45, 7) is 1.26. The summed E-state index contributed by atoms with van der Waals surface area (Å²) in [5.41, 5.74) is -0.949. The molecule has 0 unspecified atom stereocenters. The number of Topliss-reactive ketones (excluding diaryl/α,β-unsaturated/α-hetero) is 1. The number of likely N-dealkylation sites (tertiary alicyclic amines) is 1. The maximum atomic E-state index is 12.8. The highest BCUT2D eigenvalue weighted by molar-refractivity contribution is 5.97. The Morgan fingerprint density at radius 1 is 1.33 bits per heavy atom. The average molecular weight is 252 g/mol. The topological polar surface area (TPSA) is 20.3 Å². The molecule has 0 saturated carbocycles. The lowest BCUT2D eigenvalue weighted by molar-refractivity contribution is 0.0883. The number of nitrogens with zero attached hydrogens (tertiary/aromatic N) is 1. The first kappa shape index (κ1) is 6.85. The van der Waals surface area contributed by atoms with Gasteiger partial charge in [0.2, 0.25) is 0 Å². The van der Waals surface area contributed by atoms with Gasteiger partial charge in [-0.25, -0.2) is 0 Å². The van der Waals surface area contributed by atoms with Crippen molar-refractivity contribution in [2.24, 2.45) is 5.92 Å². The minimum Gasteiger partial charge on any atom is -0.303 e. The van der Waals surface area contributed by atoms with E-state index in [0.29, 0.717) is 6.54 Å². The molecule has 0 N–H and O–H groups in total. The van der Waals surface area contributed by atoms with E-state index >= 15 is 0 Å². The van der Waals surface area contributed by atoms with Gasteiger partial charge < -0.3 is 4.90 Å². The van der Waals surface area contributed by atoms with Crippen LogP contribution in [0.15, 0.2) is 24.2 Å². The van der Waals surface area contributed by atoms with Crippen molar-refractivity contribution in [3.63, 3.8) is 0 Å². The first-order valence-corrected chi connectivity index (χ1v) is 6.43. The first-order chi connectivity index (χ1) is 11.6. The van der Waals surface area contributed by atoms with Crippen molar-refractivity contribution >= 4 is 5.78 Å².